The molecular weight excluding hydrogens is 239 g/mol. The molecule has 0 radical (unpaired) electrons. The first-order valence-corrected chi connectivity index (χ1v) is 6.60. The highest BCUT2D eigenvalue weighted by Gasteiger charge is 2.20. The zero-order valence-electron chi connectivity index (χ0n) is 11.1. The van der Waals surface area contributed by atoms with Gasteiger partial charge in [0.25, 0.3) is 0 Å². The molecule has 1 aliphatic rings. The fourth-order valence-electron chi connectivity index (χ4n) is 2.11. The van der Waals surface area contributed by atoms with Gasteiger partial charge in [-0.25, -0.2) is 0 Å². The summed E-state index contributed by atoms with van der Waals surface area (Å²) >= 11 is 0. The number of allylic oxidation sites excluding steroid dienone is 2. The van der Waals surface area contributed by atoms with Gasteiger partial charge in [-0.15, -0.1) is 0 Å². The van der Waals surface area contributed by atoms with E-state index in [0.29, 0.717) is 6.32 Å². The van der Waals surface area contributed by atoms with Crippen molar-refractivity contribution in [3.63, 3.8) is 0 Å². The lowest BCUT2D eigenvalue weighted by atomic mass is 9.82. The van der Waals surface area contributed by atoms with E-state index in [1.807, 2.05) is 24.3 Å². The second-order valence-corrected chi connectivity index (χ2v) is 4.91. The Morgan fingerprint density at radius 3 is 2.84 bits per heavy atom. The quantitative estimate of drug-likeness (QED) is 0.644. The number of hydrogen-bond donors (Lipinski definition) is 2. The van der Waals surface area contributed by atoms with Gasteiger partial charge < -0.3 is 14.8 Å². The molecule has 1 atom stereocenters. The van der Waals surface area contributed by atoms with Crippen molar-refractivity contribution >= 4 is 13.2 Å². The summed E-state index contributed by atoms with van der Waals surface area (Å²) in [6.07, 6.45) is 8.46. The van der Waals surface area contributed by atoms with Crippen LogP contribution in [0.25, 0.3) is 6.08 Å². The van der Waals surface area contributed by atoms with Gasteiger partial charge in [0.05, 0.1) is 6.10 Å². The highest BCUT2D eigenvalue weighted by Crippen LogP contribution is 2.18. The van der Waals surface area contributed by atoms with E-state index in [0.717, 1.165) is 18.4 Å². The standard InChI is InChI=1S/C15H19BO3/c1-12(11-13-5-7-14(17)8-6-13)4-9-15-3-2-10-16(18)19-15/h2-3,5-8,11,15,17-18H,4,9-10H2,1H3/b12-11+/t15-/m0/s1. The molecule has 1 aliphatic heterocycles. The fraction of sp³-hybridized carbons (Fsp3) is 0.333. The van der Waals surface area contributed by atoms with Crippen LogP contribution in [0.3, 0.4) is 0 Å². The van der Waals surface area contributed by atoms with E-state index in [4.69, 9.17) is 4.65 Å². The Morgan fingerprint density at radius 1 is 1.42 bits per heavy atom. The van der Waals surface area contributed by atoms with Gasteiger partial charge in [-0.1, -0.05) is 35.9 Å². The van der Waals surface area contributed by atoms with E-state index in [1.165, 1.54) is 5.57 Å². The summed E-state index contributed by atoms with van der Waals surface area (Å²) in [6.45, 7) is 2.08. The Labute approximate surface area is 114 Å². The average molecular weight is 258 g/mol. The molecular formula is C15H19BO3. The Morgan fingerprint density at radius 2 is 2.16 bits per heavy atom. The summed E-state index contributed by atoms with van der Waals surface area (Å²) in [5.74, 6) is 0.282. The number of phenolic OH excluding ortho intramolecular Hbond substituents is 1. The lowest BCUT2D eigenvalue weighted by Crippen LogP contribution is -2.27. The molecule has 0 aliphatic carbocycles. The number of rotatable bonds is 4. The maximum Gasteiger partial charge on any atom is 0.458 e. The average Bonchev–Trinajstić information content (AvgIpc) is 2.39. The van der Waals surface area contributed by atoms with Crippen LogP contribution in [0, 0.1) is 0 Å². The van der Waals surface area contributed by atoms with Gasteiger partial charge in [0.1, 0.15) is 5.75 Å². The molecule has 100 valence electrons. The largest absolute Gasteiger partial charge is 0.508 e. The van der Waals surface area contributed by atoms with Crippen molar-refractivity contribution < 1.29 is 14.8 Å². The minimum absolute atomic E-state index is 0.00641. The molecule has 0 unspecified atom stereocenters. The highest BCUT2D eigenvalue weighted by molar-refractivity contribution is 6.43. The van der Waals surface area contributed by atoms with Crippen molar-refractivity contribution in [3.8, 4) is 5.75 Å². The van der Waals surface area contributed by atoms with Crippen molar-refractivity contribution in [2.75, 3.05) is 0 Å². The van der Waals surface area contributed by atoms with E-state index in [2.05, 4.69) is 13.0 Å². The minimum Gasteiger partial charge on any atom is -0.508 e. The Kier molecular flexibility index (Phi) is 4.83. The number of hydrogen-bond acceptors (Lipinski definition) is 3. The second kappa shape index (κ2) is 6.59. The highest BCUT2D eigenvalue weighted by atomic mass is 16.5. The second-order valence-electron chi connectivity index (χ2n) is 4.91. The summed E-state index contributed by atoms with van der Waals surface area (Å²) in [4.78, 5) is 0. The van der Waals surface area contributed by atoms with Gasteiger partial charge in [-0.2, -0.15) is 0 Å². The number of phenols is 1. The molecule has 0 fully saturated rings. The van der Waals surface area contributed by atoms with Crippen LogP contribution in [0.4, 0.5) is 0 Å². The molecule has 0 spiro atoms. The molecule has 1 heterocycles. The molecule has 19 heavy (non-hydrogen) atoms. The Balaban J connectivity index is 1.87. The zero-order valence-corrected chi connectivity index (χ0v) is 11.1. The van der Waals surface area contributed by atoms with Gasteiger partial charge >= 0.3 is 7.12 Å². The predicted octanol–water partition coefficient (Wildman–Crippen LogP) is 3.01. The van der Waals surface area contributed by atoms with Crippen molar-refractivity contribution in [1.29, 1.82) is 0 Å². The first kappa shape index (κ1) is 13.9. The lowest BCUT2D eigenvalue weighted by Gasteiger charge is -2.20. The smallest absolute Gasteiger partial charge is 0.458 e. The normalized spacial score (nSPS) is 19.8. The maximum atomic E-state index is 9.39. The molecule has 4 heteroatoms. The molecule has 1 aromatic carbocycles. The molecule has 0 amide bonds. The maximum absolute atomic E-state index is 9.39. The van der Waals surface area contributed by atoms with Crippen molar-refractivity contribution in [1.82, 2.24) is 0 Å². The predicted molar refractivity (Wildman–Crippen MR) is 77.8 cm³/mol. The first-order chi connectivity index (χ1) is 9.13. The summed E-state index contributed by atoms with van der Waals surface area (Å²) < 4.78 is 5.41. The zero-order chi connectivity index (χ0) is 13.7. The summed E-state index contributed by atoms with van der Waals surface area (Å²) in [5, 5.41) is 18.6. The third-order valence-corrected chi connectivity index (χ3v) is 3.15. The third-order valence-electron chi connectivity index (χ3n) is 3.15. The molecule has 1 aromatic rings. The summed E-state index contributed by atoms with van der Waals surface area (Å²) in [6, 6.07) is 7.14. The molecule has 0 saturated heterocycles. The van der Waals surface area contributed by atoms with Crippen LogP contribution in [0.5, 0.6) is 5.75 Å². The van der Waals surface area contributed by atoms with Gasteiger partial charge in [0.15, 0.2) is 0 Å². The van der Waals surface area contributed by atoms with Crippen molar-refractivity contribution in [2.24, 2.45) is 0 Å². The molecule has 3 nitrogen and oxygen atoms in total. The number of benzene rings is 1. The van der Waals surface area contributed by atoms with Crippen LogP contribution in [-0.4, -0.2) is 23.4 Å². The van der Waals surface area contributed by atoms with Crippen molar-refractivity contribution in [2.45, 2.75) is 32.2 Å². The molecule has 0 aromatic heterocycles. The van der Waals surface area contributed by atoms with Crippen LogP contribution < -0.4 is 0 Å². The first-order valence-electron chi connectivity index (χ1n) is 6.60. The fourth-order valence-corrected chi connectivity index (χ4v) is 2.11. The minimum atomic E-state index is -0.656. The Bertz CT molecular complexity index is 465. The summed E-state index contributed by atoms with van der Waals surface area (Å²) in [7, 11) is -0.656. The van der Waals surface area contributed by atoms with Crippen molar-refractivity contribution in [3.05, 3.63) is 47.6 Å². The van der Waals surface area contributed by atoms with E-state index in [9.17, 15) is 10.1 Å². The van der Waals surface area contributed by atoms with Crippen LogP contribution >= 0.6 is 0 Å². The molecule has 2 N–H and O–H groups in total. The van der Waals surface area contributed by atoms with E-state index >= 15 is 0 Å². The Hall–Kier alpha value is -1.52. The van der Waals surface area contributed by atoms with Crippen LogP contribution in [-0.2, 0) is 4.65 Å². The molecule has 0 bridgehead atoms. The van der Waals surface area contributed by atoms with Crippen LogP contribution in [0.1, 0.15) is 25.3 Å². The summed E-state index contributed by atoms with van der Waals surface area (Å²) in [5.41, 5.74) is 2.33. The lowest BCUT2D eigenvalue weighted by molar-refractivity contribution is 0.192. The van der Waals surface area contributed by atoms with Gasteiger partial charge in [0.2, 0.25) is 0 Å². The third kappa shape index (κ3) is 4.58. The topological polar surface area (TPSA) is 49.7 Å². The van der Waals surface area contributed by atoms with Crippen LogP contribution in [0.15, 0.2) is 42.0 Å². The van der Waals surface area contributed by atoms with E-state index in [1.54, 1.807) is 12.1 Å². The monoisotopic (exact) mass is 258 g/mol. The van der Waals surface area contributed by atoms with Gasteiger partial charge in [0, 0.05) is 6.32 Å². The molecule has 2 rings (SSSR count). The van der Waals surface area contributed by atoms with E-state index in [-0.39, 0.29) is 11.9 Å². The number of aromatic hydroxyl groups is 1. The SMILES string of the molecule is C/C(=C\c1ccc(O)cc1)CC[C@@H]1C=CCB(O)O1. The van der Waals surface area contributed by atoms with Crippen LogP contribution in [0.2, 0.25) is 6.32 Å². The molecule has 0 saturated carbocycles. The van der Waals surface area contributed by atoms with Gasteiger partial charge in [-0.3, -0.25) is 0 Å². The van der Waals surface area contributed by atoms with E-state index < -0.39 is 7.12 Å². The van der Waals surface area contributed by atoms with Gasteiger partial charge in [-0.05, 0) is 37.5 Å².